The molecule has 1 aliphatic heterocycles. The zero-order chi connectivity index (χ0) is 13.9. The van der Waals surface area contributed by atoms with Crippen molar-refractivity contribution >= 4 is 33.3 Å². The normalized spacial score (nSPS) is 15.4. The molecule has 0 saturated carbocycles. The lowest BCUT2D eigenvalue weighted by Crippen LogP contribution is -2.47. The number of halogens is 1. The van der Waals surface area contributed by atoms with Gasteiger partial charge in [0.05, 0.1) is 16.4 Å². The number of nitrogens with two attached hydrogens (primary N) is 1. The third-order valence-corrected chi connectivity index (χ3v) is 3.98. The Morgan fingerprint density at radius 3 is 2.45 bits per heavy atom. The van der Waals surface area contributed by atoms with Crippen molar-refractivity contribution in [1.29, 1.82) is 0 Å². The number of pyridine rings is 2. The molecule has 0 radical (unpaired) electrons. The van der Waals surface area contributed by atoms with E-state index in [-0.39, 0.29) is 0 Å². The van der Waals surface area contributed by atoms with E-state index < -0.39 is 0 Å². The van der Waals surface area contributed by atoms with Crippen molar-refractivity contribution < 1.29 is 0 Å². The van der Waals surface area contributed by atoms with E-state index in [0.29, 0.717) is 5.69 Å². The standard InChI is InChI=1S/C14H16BrN5/c15-12-9-11(16)10-18-14(12)20-7-5-19(6-8-20)13-3-1-2-4-17-13/h1-4,9-10H,5-8,16H2. The summed E-state index contributed by atoms with van der Waals surface area (Å²) in [7, 11) is 0. The van der Waals surface area contributed by atoms with Gasteiger partial charge in [0.15, 0.2) is 0 Å². The van der Waals surface area contributed by atoms with Crippen LogP contribution in [0.3, 0.4) is 0 Å². The quantitative estimate of drug-likeness (QED) is 0.912. The lowest BCUT2D eigenvalue weighted by Gasteiger charge is -2.36. The van der Waals surface area contributed by atoms with E-state index in [0.717, 1.165) is 42.3 Å². The molecule has 1 aliphatic rings. The molecule has 0 amide bonds. The van der Waals surface area contributed by atoms with Gasteiger partial charge in [-0.3, -0.25) is 0 Å². The topological polar surface area (TPSA) is 58.3 Å². The Labute approximate surface area is 126 Å². The van der Waals surface area contributed by atoms with Gasteiger partial charge < -0.3 is 15.5 Å². The Morgan fingerprint density at radius 2 is 1.80 bits per heavy atom. The maximum atomic E-state index is 5.73. The Hall–Kier alpha value is -1.82. The minimum atomic E-state index is 0.674. The highest BCUT2D eigenvalue weighted by Gasteiger charge is 2.20. The van der Waals surface area contributed by atoms with Gasteiger partial charge in [0.25, 0.3) is 0 Å². The average molecular weight is 334 g/mol. The summed E-state index contributed by atoms with van der Waals surface area (Å²) < 4.78 is 0.948. The van der Waals surface area contributed by atoms with E-state index in [2.05, 4.69) is 35.7 Å². The summed E-state index contributed by atoms with van der Waals surface area (Å²) >= 11 is 3.53. The molecule has 1 fully saturated rings. The minimum absolute atomic E-state index is 0.674. The summed E-state index contributed by atoms with van der Waals surface area (Å²) in [6.45, 7) is 3.73. The first kappa shape index (κ1) is 13.2. The Bertz CT molecular complexity index is 581. The van der Waals surface area contributed by atoms with Crippen molar-refractivity contribution in [3.63, 3.8) is 0 Å². The first-order chi connectivity index (χ1) is 9.74. The Morgan fingerprint density at radius 1 is 1.05 bits per heavy atom. The van der Waals surface area contributed by atoms with Crippen LogP contribution < -0.4 is 15.5 Å². The third-order valence-electron chi connectivity index (χ3n) is 3.40. The van der Waals surface area contributed by atoms with Crippen LogP contribution in [0.4, 0.5) is 17.3 Å². The SMILES string of the molecule is Nc1cnc(N2CCN(c3ccccn3)CC2)c(Br)c1. The molecule has 1 saturated heterocycles. The predicted molar refractivity (Wildman–Crippen MR) is 85.0 cm³/mol. The first-order valence-electron chi connectivity index (χ1n) is 6.56. The van der Waals surface area contributed by atoms with Crippen molar-refractivity contribution in [2.24, 2.45) is 0 Å². The fourth-order valence-electron chi connectivity index (χ4n) is 2.37. The zero-order valence-corrected chi connectivity index (χ0v) is 12.6. The summed E-state index contributed by atoms with van der Waals surface area (Å²) in [6.07, 6.45) is 3.53. The number of piperazine rings is 1. The van der Waals surface area contributed by atoms with Gasteiger partial charge in [-0.15, -0.1) is 0 Å². The molecule has 0 bridgehead atoms. The van der Waals surface area contributed by atoms with Crippen LogP contribution in [0.1, 0.15) is 0 Å². The lowest BCUT2D eigenvalue weighted by atomic mass is 10.3. The number of nitrogen functional groups attached to an aromatic ring is 1. The fourth-order valence-corrected chi connectivity index (χ4v) is 2.98. The molecule has 2 aromatic rings. The van der Waals surface area contributed by atoms with Crippen LogP contribution in [-0.4, -0.2) is 36.1 Å². The fraction of sp³-hybridized carbons (Fsp3) is 0.286. The van der Waals surface area contributed by atoms with Crippen LogP contribution in [0.15, 0.2) is 41.1 Å². The van der Waals surface area contributed by atoms with E-state index in [1.165, 1.54) is 0 Å². The van der Waals surface area contributed by atoms with Gasteiger partial charge in [0, 0.05) is 32.4 Å². The molecule has 2 N–H and O–H groups in total. The number of hydrogen-bond acceptors (Lipinski definition) is 5. The molecule has 3 rings (SSSR count). The van der Waals surface area contributed by atoms with E-state index in [1.807, 2.05) is 30.5 Å². The first-order valence-corrected chi connectivity index (χ1v) is 7.35. The van der Waals surface area contributed by atoms with E-state index >= 15 is 0 Å². The second-order valence-electron chi connectivity index (χ2n) is 4.74. The largest absolute Gasteiger partial charge is 0.397 e. The van der Waals surface area contributed by atoms with E-state index in [4.69, 9.17) is 5.73 Å². The monoisotopic (exact) mass is 333 g/mol. The predicted octanol–water partition coefficient (Wildman–Crippen LogP) is 2.15. The molecular weight excluding hydrogens is 318 g/mol. The van der Waals surface area contributed by atoms with Gasteiger partial charge in [-0.05, 0) is 34.1 Å². The maximum absolute atomic E-state index is 5.73. The Balaban J connectivity index is 1.69. The number of nitrogens with zero attached hydrogens (tertiary/aromatic N) is 4. The molecule has 0 spiro atoms. The average Bonchev–Trinajstić information content (AvgIpc) is 2.48. The Kier molecular flexibility index (Phi) is 3.73. The van der Waals surface area contributed by atoms with Crippen molar-refractivity contribution in [1.82, 2.24) is 9.97 Å². The van der Waals surface area contributed by atoms with Crippen LogP contribution in [0, 0.1) is 0 Å². The zero-order valence-electron chi connectivity index (χ0n) is 11.0. The molecule has 104 valence electrons. The van der Waals surface area contributed by atoms with Gasteiger partial charge >= 0.3 is 0 Å². The molecule has 3 heterocycles. The molecule has 20 heavy (non-hydrogen) atoms. The molecule has 0 aliphatic carbocycles. The second kappa shape index (κ2) is 5.66. The second-order valence-corrected chi connectivity index (χ2v) is 5.59. The van der Waals surface area contributed by atoms with Gasteiger partial charge in [-0.2, -0.15) is 0 Å². The number of rotatable bonds is 2. The molecular formula is C14H16BrN5. The molecule has 0 unspecified atom stereocenters. The van der Waals surface area contributed by atoms with Gasteiger partial charge in [0.2, 0.25) is 0 Å². The van der Waals surface area contributed by atoms with Crippen LogP contribution in [0.5, 0.6) is 0 Å². The number of aromatic nitrogens is 2. The smallest absolute Gasteiger partial charge is 0.143 e. The van der Waals surface area contributed by atoms with Crippen molar-refractivity contribution in [2.75, 3.05) is 41.7 Å². The number of anilines is 3. The van der Waals surface area contributed by atoms with Crippen molar-refractivity contribution in [2.45, 2.75) is 0 Å². The molecule has 6 heteroatoms. The van der Waals surface area contributed by atoms with Crippen LogP contribution >= 0.6 is 15.9 Å². The maximum Gasteiger partial charge on any atom is 0.143 e. The highest BCUT2D eigenvalue weighted by atomic mass is 79.9. The summed E-state index contributed by atoms with van der Waals surface area (Å²) in [4.78, 5) is 13.4. The molecule has 0 atom stereocenters. The van der Waals surface area contributed by atoms with Crippen molar-refractivity contribution in [3.05, 3.63) is 41.1 Å². The number of hydrogen-bond donors (Lipinski definition) is 1. The van der Waals surface area contributed by atoms with Crippen molar-refractivity contribution in [3.8, 4) is 0 Å². The minimum Gasteiger partial charge on any atom is -0.397 e. The summed E-state index contributed by atoms with van der Waals surface area (Å²) in [5.41, 5.74) is 6.40. The summed E-state index contributed by atoms with van der Waals surface area (Å²) in [5.74, 6) is 2.00. The van der Waals surface area contributed by atoms with Crippen LogP contribution in [0.2, 0.25) is 0 Å². The van der Waals surface area contributed by atoms with Crippen LogP contribution in [-0.2, 0) is 0 Å². The van der Waals surface area contributed by atoms with E-state index in [9.17, 15) is 0 Å². The van der Waals surface area contributed by atoms with Crippen LogP contribution in [0.25, 0.3) is 0 Å². The summed E-state index contributed by atoms with van der Waals surface area (Å²) in [6, 6.07) is 7.91. The molecule has 5 nitrogen and oxygen atoms in total. The molecule has 0 aromatic carbocycles. The summed E-state index contributed by atoms with van der Waals surface area (Å²) in [5, 5.41) is 0. The highest BCUT2D eigenvalue weighted by molar-refractivity contribution is 9.10. The third kappa shape index (κ3) is 2.70. The van der Waals surface area contributed by atoms with Gasteiger partial charge in [-0.25, -0.2) is 9.97 Å². The van der Waals surface area contributed by atoms with Gasteiger partial charge in [0.1, 0.15) is 11.6 Å². The highest BCUT2D eigenvalue weighted by Crippen LogP contribution is 2.26. The lowest BCUT2D eigenvalue weighted by molar-refractivity contribution is 0.641. The van der Waals surface area contributed by atoms with Gasteiger partial charge in [-0.1, -0.05) is 6.07 Å². The molecule has 2 aromatic heterocycles. The van der Waals surface area contributed by atoms with E-state index in [1.54, 1.807) is 6.20 Å².